The largest absolute Gasteiger partial charge is 0.508 e. The zero-order chi connectivity index (χ0) is 43.0. The van der Waals surface area contributed by atoms with E-state index in [1.165, 1.54) is 107 Å². The molecule has 16 aliphatic carbocycles. The van der Waals surface area contributed by atoms with Crippen LogP contribution in [-0.2, 0) is 16.2 Å². The van der Waals surface area contributed by atoms with Crippen molar-refractivity contribution >= 4 is 5.78 Å². The molecule has 4 aromatic rings. The number of carbonyl (C=O) groups is 1. The average molecular weight is 847 g/mol. The zero-order valence-electron chi connectivity index (χ0n) is 38.4. The summed E-state index contributed by atoms with van der Waals surface area (Å²) in [4.78, 5) is 14.0. The van der Waals surface area contributed by atoms with E-state index in [1.807, 2.05) is 48.5 Å². The molecule has 0 aromatic heterocycles. The third-order valence-corrected chi connectivity index (χ3v) is 22.6. The van der Waals surface area contributed by atoms with E-state index in [9.17, 15) is 9.90 Å². The van der Waals surface area contributed by atoms with E-state index in [0.29, 0.717) is 27.7 Å². The molecule has 20 rings (SSSR count). The molecule has 2 spiro atoms. The first-order valence-corrected chi connectivity index (χ1v) is 26.0. The second-order valence-corrected chi connectivity index (χ2v) is 24.4. The lowest BCUT2D eigenvalue weighted by Gasteiger charge is -2.81. The molecular formula is C61H66O3. The van der Waals surface area contributed by atoms with Crippen molar-refractivity contribution in [2.45, 2.75) is 140 Å². The second-order valence-electron chi connectivity index (χ2n) is 24.4. The molecule has 0 amide bonds. The monoisotopic (exact) mass is 847 g/mol. The van der Waals surface area contributed by atoms with Gasteiger partial charge in [0.05, 0.1) is 0 Å². The van der Waals surface area contributed by atoms with E-state index in [4.69, 9.17) is 4.74 Å². The normalized spacial score (nSPS) is 40.5. The number of aromatic hydroxyl groups is 1. The van der Waals surface area contributed by atoms with Crippen LogP contribution in [0.3, 0.4) is 0 Å². The Kier molecular flexibility index (Phi) is 8.03. The second kappa shape index (κ2) is 13.2. The Morgan fingerprint density at radius 1 is 0.672 bits per heavy atom. The van der Waals surface area contributed by atoms with Crippen LogP contribution in [0.5, 0.6) is 17.2 Å². The van der Waals surface area contributed by atoms with Gasteiger partial charge in [-0.15, -0.1) is 0 Å². The molecule has 0 heterocycles. The van der Waals surface area contributed by atoms with E-state index in [-0.39, 0.29) is 22.0 Å². The minimum absolute atomic E-state index is 0.0196. The summed E-state index contributed by atoms with van der Waals surface area (Å²) < 4.78 is 7.05. The van der Waals surface area contributed by atoms with Crippen LogP contribution < -0.4 is 4.74 Å². The number of benzene rings is 4. The fourth-order valence-corrected chi connectivity index (χ4v) is 19.8. The molecule has 64 heavy (non-hydrogen) atoms. The maximum atomic E-state index is 14.0. The first-order chi connectivity index (χ1) is 31.1. The van der Waals surface area contributed by atoms with E-state index in [2.05, 4.69) is 69.0 Å². The quantitative estimate of drug-likeness (QED) is 0.135. The molecule has 16 aliphatic rings. The average Bonchev–Trinajstić information content (AvgIpc) is 3.34. The lowest BCUT2D eigenvalue weighted by atomic mass is 9.23. The number of phenols is 1. The summed E-state index contributed by atoms with van der Waals surface area (Å²) in [5, 5.41) is 12.4. The number of carbonyl (C=O) groups excluding carboxylic acids is 1. The predicted molar refractivity (Wildman–Crippen MR) is 253 cm³/mol. The molecule has 8 atom stereocenters. The number of hydrogen-bond donors (Lipinski definition) is 1. The van der Waals surface area contributed by atoms with Crippen molar-refractivity contribution in [2.24, 2.45) is 70.0 Å². The van der Waals surface area contributed by atoms with E-state index in [1.54, 1.807) is 0 Å². The summed E-state index contributed by atoms with van der Waals surface area (Å²) in [7, 11) is 0. The molecule has 0 radical (unpaired) electrons. The summed E-state index contributed by atoms with van der Waals surface area (Å²) in [6.07, 6.45) is 21.6. The molecule has 0 saturated heterocycles. The highest BCUT2D eigenvalue weighted by Gasteiger charge is 2.78. The van der Waals surface area contributed by atoms with Gasteiger partial charge in [0.15, 0.2) is 5.78 Å². The minimum Gasteiger partial charge on any atom is -0.508 e. The van der Waals surface area contributed by atoms with Crippen LogP contribution in [0.2, 0.25) is 0 Å². The van der Waals surface area contributed by atoms with Crippen LogP contribution in [0.25, 0.3) is 0 Å². The Morgan fingerprint density at radius 3 is 1.84 bits per heavy atom. The molecule has 16 fully saturated rings. The lowest BCUT2D eigenvalue weighted by Crippen LogP contribution is -2.75. The standard InChI is InChI=1S/C61H66O3/c1-4-57(3,5-2)42-15-11-36(12-16-42)9-10-37-7-6-8-41(23-37)56(63)40-13-17-45(18-14-40)64-55-31-54(62)52(58-21-19-43-24-38-26-48-46(32-58)49(27-38)60(43,48)34-58)30-53(55)59-22-20-44-25-39-28-50-47(33-59)51(29-39)61(44,50)35-59/h6-8,11-18,23,30-31,38-39,43-44,46-51,62H,4-5,19-22,24-29,32-35H2,1-3H3. The van der Waals surface area contributed by atoms with Gasteiger partial charge in [-0.1, -0.05) is 56.9 Å². The van der Waals surface area contributed by atoms with Gasteiger partial charge in [0.25, 0.3) is 0 Å². The zero-order valence-corrected chi connectivity index (χ0v) is 38.4. The molecule has 12 bridgehead atoms. The first-order valence-electron chi connectivity index (χ1n) is 26.0. The van der Waals surface area contributed by atoms with E-state index in [0.717, 1.165) is 94.6 Å². The van der Waals surface area contributed by atoms with Crippen molar-refractivity contribution in [2.75, 3.05) is 0 Å². The van der Waals surface area contributed by atoms with Crippen molar-refractivity contribution in [1.82, 2.24) is 0 Å². The van der Waals surface area contributed by atoms with Gasteiger partial charge in [0.2, 0.25) is 0 Å². The molecule has 1 N–H and O–H groups in total. The molecule has 16 saturated carbocycles. The fraction of sp³-hybridized carbons (Fsp3) is 0.557. The Bertz CT molecular complexity index is 2620. The molecule has 3 heteroatoms. The first kappa shape index (κ1) is 38.9. The number of ether oxygens (including phenoxy) is 1. The summed E-state index contributed by atoms with van der Waals surface area (Å²) in [6.45, 7) is 6.84. The summed E-state index contributed by atoms with van der Waals surface area (Å²) in [5.74, 6) is 18.1. The van der Waals surface area contributed by atoms with Crippen molar-refractivity contribution in [3.05, 3.63) is 124 Å². The summed E-state index contributed by atoms with van der Waals surface area (Å²) in [5.41, 5.74) is 8.64. The maximum Gasteiger partial charge on any atom is 0.193 e. The van der Waals surface area contributed by atoms with Crippen molar-refractivity contribution in [1.29, 1.82) is 0 Å². The number of rotatable bonds is 9. The topological polar surface area (TPSA) is 46.5 Å². The number of phenolic OH excluding ortho intramolecular Hbond substituents is 1. The van der Waals surface area contributed by atoms with Gasteiger partial charge < -0.3 is 9.84 Å². The van der Waals surface area contributed by atoms with Crippen LogP contribution in [-0.4, -0.2) is 10.9 Å². The minimum atomic E-state index is -0.0196. The third-order valence-electron chi connectivity index (χ3n) is 22.6. The lowest BCUT2D eigenvalue weighted by molar-refractivity contribution is -0.310. The van der Waals surface area contributed by atoms with Crippen LogP contribution in [0, 0.1) is 81.8 Å². The molecular weight excluding hydrogens is 781 g/mol. The van der Waals surface area contributed by atoms with Gasteiger partial charge in [-0.05, 0) is 249 Å². The molecule has 0 aliphatic heterocycles. The summed E-state index contributed by atoms with van der Waals surface area (Å²) in [6, 6.07) is 28.8. The Morgan fingerprint density at radius 2 is 1.25 bits per heavy atom. The van der Waals surface area contributed by atoms with Gasteiger partial charge in [0, 0.05) is 39.4 Å². The van der Waals surface area contributed by atoms with E-state index < -0.39 is 0 Å². The van der Waals surface area contributed by atoms with Gasteiger partial charge in [-0.3, -0.25) is 4.79 Å². The molecule has 4 aromatic carbocycles. The van der Waals surface area contributed by atoms with Gasteiger partial charge >= 0.3 is 0 Å². The van der Waals surface area contributed by atoms with E-state index >= 15 is 0 Å². The Balaban J connectivity index is 0.765. The Hall–Kier alpha value is -4.29. The van der Waals surface area contributed by atoms with Crippen LogP contribution >= 0.6 is 0 Å². The fourth-order valence-electron chi connectivity index (χ4n) is 19.8. The van der Waals surface area contributed by atoms with Crippen LogP contribution in [0.4, 0.5) is 0 Å². The Labute approximate surface area is 381 Å². The van der Waals surface area contributed by atoms with Crippen LogP contribution in [0.15, 0.2) is 84.9 Å². The van der Waals surface area contributed by atoms with Gasteiger partial charge in [-0.2, -0.15) is 0 Å². The van der Waals surface area contributed by atoms with Crippen molar-refractivity contribution in [3.8, 4) is 29.1 Å². The SMILES string of the molecule is CCC(C)(CC)c1ccc(C#Cc2cccc(C(=O)c3ccc(Oc4cc(O)c(C56CCC7CC8CC9C(C5)C(C8)C79C6)cc4C45CCC6CC7CC8C(C4)C(C7)C68C5)cc3)c2)cc1. The highest BCUT2D eigenvalue weighted by Crippen LogP contribution is 2.85. The summed E-state index contributed by atoms with van der Waals surface area (Å²) >= 11 is 0. The predicted octanol–water partition coefficient (Wildman–Crippen LogP) is 14.1. The molecule has 328 valence electrons. The molecule has 3 nitrogen and oxygen atoms in total. The third kappa shape index (κ3) is 5.00. The number of ketones is 1. The van der Waals surface area contributed by atoms with Crippen molar-refractivity contribution in [3.63, 3.8) is 0 Å². The van der Waals surface area contributed by atoms with Crippen molar-refractivity contribution < 1.29 is 14.6 Å². The molecule has 8 unspecified atom stereocenters. The van der Waals surface area contributed by atoms with Gasteiger partial charge in [0.1, 0.15) is 17.2 Å². The number of hydrogen-bond acceptors (Lipinski definition) is 3. The highest BCUT2D eigenvalue weighted by atomic mass is 16.5. The highest BCUT2D eigenvalue weighted by molar-refractivity contribution is 6.09. The van der Waals surface area contributed by atoms with Gasteiger partial charge in [-0.25, -0.2) is 0 Å². The smallest absolute Gasteiger partial charge is 0.193 e. The van der Waals surface area contributed by atoms with Crippen LogP contribution in [0.1, 0.15) is 167 Å². The maximum absolute atomic E-state index is 14.0.